The van der Waals surface area contributed by atoms with E-state index in [0.717, 1.165) is 17.5 Å². The largest absolute Gasteiger partial charge is 0.377 e. The molecule has 1 aliphatic rings. The fourth-order valence-corrected chi connectivity index (χ4v) is 3.61. The number of hydrogen-bond donors (Lipinski definition) is 2. The summed E-state index contributed by atoms with van der Waals surface area (Å²) in [5.41, 5.74) is 7.52. The Morgan fingerprint density at radius 1 is 1.42 bits per heavy atom. The minimum absolute atomic E-state index is 0.260. The smallest absolute Gasteiger partial charge is 0.252 e. The molecule has 0 spiro atoms. The molecule has 1 saturated carbocycles. The number of carbonyl (C=O) groups is 1. The van der Waals surface area contributed by atoms with Gasteiger partial charge in [-0.3, -0.25) is 9.78 Å². The molecule has 3 aromatic rings. The number of anilines is 1. The molecule has 26 heavy (non-hydrogen) atoms. The van der Waals surface area contributed by atoms with Crippen LogP contribution in [0.15, 0.2) is 43.0 Å². The van der Waals surface area contributed by atoms with Crippen LogP contribution in [0.1, 0.15) is 36.5 Å². The minimum atomic E-state index is -1.33. The van der Waals surface area contributed by atoms with Crippen molar-refractivity contribution in [2.24, 2.45) is 5.73 Å². The molecule has 2 atom stereocenters. The molecule has 3 aromatic heterocycles. The zero-order chi connectivity index (χ0) is 18.3. The second-order valence-electron chi connectivity index (χ2n) is 6.97. The van der Waals surface area contributed by atoms with Crippen molar-refractivity contribution < 1.29 is 9.18 Å². The van der Waals surface area contributed by atoms with Gasteiger partial charge in [-0.2, -0.15) is 5.10 Å². The predicted molar refractivity (Wildman–Crippen MR) is 97.7 cm³/mol. The number of aromatic nitrogens is 3. The second kappa shape index (κ2) is 6.09. The first kappa shape index (κ1) is 16.5. The van der Waals surface area contributed by atoms with E-state index in [1.54, 1.807) is 23.8 Å². The summed E-state index contributed by atoms with van der Waals surface area (Å²) in [5, 5.41) is 7.52. The maximum atomic E-state index is 14.8. The lowest BCUT2D eigenvalue weighted by Gasteiger charge is -2.26. The lowest BCUT2D eigenvalue weighted by Crippen LogP contribution is -2.36. The standard InChI is InChI=1S/C19H20FN5O/c1-19(20)6-2-5-16(19)24-17-14(18(21)26)10-23-25-11-13(8-15(17)25)12-4-3-7-22-9-12/h3-4,7-11,16,24H,2,5-6H2,1H3,(H2,21,26). The van der Waals surface area contributed by atoms with E-state index in [2.05, 4.69) is 15.4 Å². The maximum absolute atomic E-state index is 14.8. The number of nitrogens with two attached hydrogens (primary N) is 1. The molecule has 0 radical (unpaired) electrons. The number of alkyl halides is 1. The van der Waals surface area contributed by atoms with Crippen LogP contribution >= 0.6 is 0 Å². The zero-order valence-corrected chi connectivity index (χ0v) is 14.4. The van der Waals surface area contributed by atoms with Crippen LogP contribution in [0.5, 0.6) is 0 Å². The quantitative estimate of drug-likeness (QED) is 0.754. The topological polar surface area (TPSA) is 85.3 Å². The van der Waals surface area contributed by atoms with Crippen LogP contribution in [0.3, 0.4) is 0 Å². The van der Waals surface area contributed by atoms with Crippen LogP contribution in [-0.2, 0) is 0 Å². The molecular weight excluding hydrogens is 333 g/mol. The van der Waals surface area contributed by atoms with E-state index in [9.17, 15) is 9.18 Å². The lowest BCUT2D eigenvalue weighted by atomic mass is 10.0. The summed E-state index contributed by atoms with van der Waals surface area (Å²) in [6.07, 6.45) is 8.75. The van der Waals surface area contributed by atoms with Crippen molar-refractivity contribution in [2.75, 3.05) is 5.32 Å². The van der Waals surface area contributed by atoms with Crippen molar-refractivity contribution in [3.05, 3.63) is 48.5 Å². The Bertz CT molecular complexity index is 967. The maximum Gasteiger partial charge on any atom is 0.252 e. The fraction of sp³-hybridized carbons (Fsp3) is 0.316. The molecule has 0 bridgehead atoms. The Balaban J connectivity index is 1.84. The van der Waals surface area contributed by atoms with Crippen molar-refractivity contribution in [2.45, 2.75) is 37.9 Å². The van der Waals surface area contributed by atoms with E-state index < -0.39 is 11.6 Å². The highest BCUT2D eigenvalue weighted by molar-refractivity contribution is 6.02. The number of rotatable bonds is 4. The van der Waals surface area contributed by atoms with Gasteiger partial charge in [0.1, 0.15) is 5.67 Å². The van der Waals surface area contributed by atoms with Crippen LogP contribution in [0.25, 0.3) is 16.6 Å². The average Bonchev–Trinajstić information content (AvgIpc) is 3.19. The van der Waals surface area contributed by atoms with E-state index in [-0.39, 0.29) is 11.6 Å². The van der Waals surface area contributed by atoms with Crippen LogP contribution in [0.4, 0.5) is 10.1 Å². The summed E-state index contributed by atoms with van der Waals surface area (Å²) >= 11 is 0. The summed E-state index contributed by atoms with van der Waals surface area (Å²) in [6.45, 7) is 1.60. The number of hydrogen-bond acceptors (Lipinski definition) is 4. The normalized spacial score (nSPS) is 22.6. The van der Waals surface area contributed by atoms with E-state index >= 15 is 0 Å². The highest BCUT2D eigenvalue weighted by Crippen LogP contribution is 2.37. The molecule has 0 aromatic carbocycles. The first-order valence-electron chi connectivity index (χ1n) is 8.63. The summed E-state index contributed by atoms with van der Waals surface area (Å²) in [5.74, 6) is -0.592. The molecule has 0 aliphatic heterocycles. The van der Waals surface area contributed by atoms with Crippen molar-refractivity contribution in [3.63, 3.8) is 0 Å². The third kappa shape index (κ3) is 2.79. The highest BCUT2D eigenvalue weighted by Gasteiger charge is 2.39. The Hall–Kier alpha value is -2.96. The minimum Gasteiger partial charge on any atom is -0.377 e. The van der Waals surface area contributed by atoms with Gasteiger partial charge in [0, 0.05) is 29.7 Å². The Kier molecular flexibility index (Phi) is 3.86. The van der Waals surface area contributed by atoms with E-state index in [0.29, 0.717) is 24.0 Å². The predicted octanol–water partition coefficient (Wildman–Crippen LogP) is 3.19. The molecule has 1 fully saturated rings. The molecule has 134 valence electrons. The Morgan fingerprint density at radius 2 is 2.27 bits per heavy atom. The number of nitrogens with zero attached hydrogens (tertiary/aromatic N) is 3. The molecule has 1 aliphatic carbocycles. The molecule has 3 heterocycles. The molecule has 3 N–H and O–H groups in total. The lowest BCUT2D eigenvalue weighted by molar-refractivity contribution is 0.1000. The molecule has 1 amide bonds. The monoisotopic (exact) mass is 353 g/mol. The number of nitrogens with one attached hydrogen (secondary N) is 1. The van der Waals surface area contributed by atoms with Crippen molar-refractivity contribution >= 4 is 17.1 Å². The first-order valence-corrected chi connectivity index (χ1v) is 8.63. The molecule has 2 unspecified atom stereocenters. The van der Waals surface area contributed by atoms with Crippen LogP contribution in [0, 0.1) is 0 Å². The van der Waals surface area contributed by atoms with Gasteiger partial charge >= 0.3 is 0 Å². The molecular formula is C19H20FN5O. The third-order valence-corrected chi connectivity index (χ3v) is 5.10. The van der Waals surface area contributed by atoms with Crippen molar-refractivity contribution in [1.82, 2.24) is 14.6 Å². The fourth-order valence-electron chi connectivity index (χ4n) is 3.61. The Labute approximate surface area is 150 Å². The molecule has 6 nitrogen and oxygen atoms in total. The number of carbonyl (C=O) groups excluding carboxylic acids is 1. The van der Waals surface area contributed by atoms with Gasteiger partial charge in [-0.15, -0.1) is 0 Å². The van der Waals surface area contributed by atoms with Gasteiger partial charge in [-0.25, -0.2) is 8.91 Å². The summed E-state index contributed by atoms with van der Waals surface area (Å²) in [4.78, 5) is 16.0. The molecule has 0 saturated heterocycles. The number of amides is 1. The van der Waals surface area contributed by atoms with Crippen molar-refractivity contribution in [1.29, 1.82) is 0 Å². The molecule has 4 rings (SSSR count). The third-order valence-electron chi connectivity index (χ3n) is 5.10. The summed E-state index contributed by atoms with van der Waals surface area (Å²) in [6, 6.07) is 5.33. The van der Waals surface area contributed by atoms with Crippen LogP contribution in [-0.4, -0.2) is 32.2 Å². The average molecular weight is 353 g/mol. The van der Waals surface area contributed by atoms with Gasteiger partial charge in [0.05, 0.1) is 29.0 Å². The number of primary amides is 1. The van der Waals surface area contributed by atoms with Gasteiger partial charge in [0.15, 0.2) is 0 Å². The second-order valence-corrected chi connectivity index (χ2v) is 6.97. The van der Waals surface area contributed by atoms with Crippen molar-refractivity contribution in [3.8, 4) is 11.1 Å². The SMILES string of the molecule is CC1(F)CCCC1Nc1c(C(N)=O)cnn2cc(-c3cccnc3)cc12. The first-order chi connectivity index (χ1) is 12.5. The van der Waals surface area contributed by atoms with E-state index in [1.165, 1.54) is 6.20 Å². The highest BCUT2D eigenvalue weighted by atomic mass is 19.1. The zero-order valence-electron chi connectivity index (χ0n) is 14.4. The van der Waals surface area contributed by atoms with Gasteiger partial charge in [0.25, 0.3) is 5.91 Å². The van der Waals surface area contributed by atoms with Gasteiger partial charge < -0.3 is 11.1 Å². The van der Waals surface area contributed by atoms with Gasteiger partial charge in [-0.05, 0) is 38.3 Å². The number of fused-ring (bicyclic) bond motifs is 1. The van der Waals surface area contributed by atoms with E-state index in [4.69, 9.17) is 5.73 Å². The summed E-state index contributed by atoms with van der Waals surface area (Å²) < 4.78 is 16.4. The van der Waals surface area contributed by atoms with Crippen LogP contribution < -0.4 is 11.1 Å². The van der Waals surface area contributed by atoms with E-state index in [1.807, 2.05) is 24.4 Å². The molecule has 7 heteroatoms. The number of halogens is 1. The Morgan fingerprint density at radius 3 is 2.92 bits per heavy atom. The number of pyridine rings is 1. The van der Waals surface area contributed by atoms with Gasteiger partial charge in [0.2, 0.25) is 0 Å². The van der Waals surface area contributed by atoms with Crippen LogP contribution in [0.2, 0.25) is 0 Å². The summed E-state index contributed by atoms with van der Waals surface area (Å²) in [7, 11) is 0. The van der Waals surface area contributed by atoms with Gasteiger partial charge in [-0.1, -0.05) is 6.07 Å².